The number of hydrogen-bond donors (Lipinski definition) is 1. The Balaban J connectivity index is 2.29. The molecule has 1 aromatic heterocycles. The fraction of sp³-hybridized carbons (Fsp3) is 0.600. The molecule has 19 heavy (non-hydrogen) atoms. The fourth-order valence-electron chi connectivity index (χ4n) is 0.948. The normalized spacial score (nSPS) is 10.2. The van der Waals surface area contributed by atoms with Gasteiger partial charge in [0.2, 0.25) is 5.91 Å². The highest BCUT2D eigenvalue weighted by molar-refractivity contribution is 8.03. The Kier molecular flexibility index (Phi) is 7.84. The molecule has 0 aromatic carbocycles. The molecule has 9 heteroatoms. The highest BCUT2D eigenvalue weighted by atomic mass is 32.2. The van der Waals surface area contributed by atoms with E-state index in [0.717, 1.165) is 20.9 Å². The second kappa shape index (κ2) is 9.16. The fourth-order valence-corrected chi connectivity index (χ4v) is 3.69. The van der Waals surface area contributed by atoms with Crippen molar-refractivity contribution in [2.75, 3.05) is 18.1 Å². The highest BCUT2D eigenvalue weighted by Gasteiger charge is 2.11. The monoisotopic (exact) mass is 321 g/mol. The minimum absolute atomic E-state index is 0.117. The van der Waals surface area contributed by atoms with E-state index < -0.39 is 12.0 Å². The van der Waals surface area contributed by atoms with Crippen LogP contribution >= 0.6 is 34.9 Å². The van der Waals surface area contributed by atoms with Crippen LogP contribution in [0.5, 0.6) is 0 Å². The first-order chi connectivity index (χ1) is 9.15. The third-order valence-electron chi connectivity index (χ3n) is 1.66. The van der Waals surface area contributed by atoms with Crippen molar-refractivity contribution in [1.82, 2.24) is 15.5 Å². The largest absolute Gasteiger partial charge is 0.450 e. The minimum Gasteiger partial charge on any atom is -0.450 e. The van der Waals surface area contributed by atoms with E-state index in [1.807, 2.05) is 0 Å². The second-order valence-electron chi connectivity index (χ2n) is 3.24. The van der Waals surface area contributed by atoms with Gasteiger partial charge in [0.25, 0.3) is 0 Å². The van der Waals surface area contributed by atoms with Gasteiger partial charge in [0.15, 0.2) is 8.68 Å². The van der Waals surface area contributed by atoms with Crippen LogP contribution in [0.4, 0.5) is 4.79 Å². The third kappa shape index (κ3) is 6.79. The number of imide groups is 1. The van der Waals surface area contributed by atoms with Crippen LogP contribution in [-0.2, 0) is 9.53 Å². The van der Waals surface area contributed by atoms with Gasteiger partial charge in [-0.05, 0) is 13.3 Å². The van der Waals surface area contributed by atoms with Gasteiger partial charge in [-0.3, -0.25) is 10.1 Å². The summed E-state index contributed by atoms with van der Waals surface area (Å²) in [5, 5.41) is 10.1. The van der Waals surface area contributed by atoms with E-state index in [9.17, 15) is 9.59 Å². The maximum atomic E-state index is 11.4. The molecule has 0 aliphatic carbocycles. The molecule has 6 nitrogen and oxygen atoms in total. The molecule has 0 aliphatic heterocycles. The van der Waals surface area contributed by atoms with Crippen molar-refractivity contribution in [1.29, 1.82) is 0 Å². The molecule has 0 fully saturated rings. The van der Waals surface area contributed by atoms with Crippen LogP contribution in [0, 0.1) is 0 Å². The molecule has 0 aliphatic rings. The molecule has 1 heterocycles. The first-order valence-electron chi connectivity index (χ1n) is 5.71. The van der Waals surface area contributed by atoms with Crippen LogP contribution in [0.2, 0.25) is 0 Å². The molecule has 106 valence electrons. The zero-order valence-electron chi connectivity index (χ0n) is 10.7. The molecule has 0 bridgehead atoms. The molecular formula is C10H15N3O3S3. The maximum absolute atomic E-state index is 11.4. The maximum Gasteiger partial charge on any atom is 0.413 e. The van der Waals surface area contributed by atoms with Gasteiger partial charge in [-0.15, -0.1) is 10.2 Å². The van der Waals surface area contributed by atoms with E-state index in [1.54, 1.807) is 18.7 Å². The van der Waals surface area contributed by atoms with Gasteiger partial charge in [-0.25, -0.2) is 4.79 Å². The van der Waals surface area contributed by atoms with E-state index >= 15 is 0 Å². The van der Waals surface area contributed by atoms with Gasteiger partial charge in [0.05, 0.1) is 12.4 Å². The number of amides is 2. The van der Waals surface area contributed by atoms with Gasteiger partial charge in [0.1, 0.15) is 0 Å². The highest BCUT2D eigenvalue weighted by Crippen LogP contribution is 2.28. The van der Waals surface area contributed by atoms with Crippen LogP contribution < -0.4 is 5.32 Å². The standard InChI is InChI=1S/C10H15N3O3S3/c1-3-5-17-9-12-13-10(19-9)18-6-7(14)11-8(15)16-4-2/h3-6H2,1-2H3,(H,11,14,15). The molecule has 0 atom stereocenters. The number of carbonyl (C=O) groups is 2. The number of hydrogen-bond acceptors (Lipinski definition) is 8. The SMILES string of the molecule is CCCSc1nnc(SCC(=O)NC(=O)OCC)s1. The number of rotatable bonds is 7. The molecule has 0 saturated carbocycles. The molecule has 1 N–H and O–H groups in total. The predicted octanol–water partition coefficient (Wildman–Crippen LogP) is 2.41. The number of thioether (sulfide) groups is 2. The molecule has 0 saturated heterocycles. The van der Waals surface area contributed by atoms with Crippen LogP contribution in [0.3, 0.4) is 0 Å². The Morgan fingerprint density at radius 1 is 1.26 bits per heavy atom. The van der Waals surface area contributed by atoms with Crippen LogP contribution in [0.25, 0.3) is 0 Å². The summed E-state index contributed by atoms with van der Waals surface area (Å²) < 4.78 is 6.22. The van der Waals surface area contributed by atoms with Gasteiger partial charge in [-0.2, -0.15) is 0 Å². The zero-order valence-corrected chi connectivity index (χ0v) is 13.1. The molecule has 1 rings (SSSR count). The lowest BCUT2D eigenvalue weighted by Crippen LogP contribution is -2.32. The van der Waals surface area contributed by atoms with Crippen molar-refractivity contribution >= 4 is 46.9 Å². The number of nitrogens with one attached hydrogen (secondary N) is 1. The molecule has 0 spiro atoms. The summed E-state index contributed by atoms with van der Waals surface area (Å²) in [5.41, 5.74) is 0. The van der Waals surface area contributed by atoms with Crippen molar-refractivity contribution in [3.63, 3.8) is 0 Å². The Morgan fingerprint density at radius 2 is 1.95 bits per heavy atom. The molecule has 2 amide bonds. The van der Waals surface area contributed by atoms with Crippen molar-refractivity contribution in [2.45, 2.75) is 28.9 Å². The third-order valence-corrected chi connectivity index (χ3v) is 5.06. The van der Waals surface area contributed by atoms with Crippen molar-refractivity contribution in [2.24, 2.45) is 0 Å². The second-order valence-corrected chi connectivity index (χ2v) is 6.78. The van der Waals surface area contributed by atoms with Gasteiger partial charge in [-0.1, -0.05) is 41.8 Å². The summed E-state index contributed by atoms with van der Waals surface area (Å²) in [5.74, 6) is 0.718. The van der Waals surface area contributed by atoms with E-state index in [-0.39, 0.29) is 12.4 Å². The smallest absolute Gasteiger partial charge is 0.413 e. The number of aromatic nitrogens is 2. The van der Waals surface area contributed by atoms with Crippen LogP contribution in [-0.4, -0.2) is 40.3 Å². The van der Waals surface area contributed by atoms with Crippen LogP contribution in [0.1, 0.15) is 20.3 Å². The van der Waals surface area contributed by atoms with Crippen molar-refractivity contribution in [3.05, 3.63) is 0 Å². The van der Waals surface area contributed by atoms with E-state index in [0.29, 0.717) is 0 Å². The Labute approximate surface area is 124 Å². The van der Waals surface area contributed by atoms with E-state index in [4.69, 9.17) is 0 Å². The molecule has 0 radical (unpaired) electrons. The number of alkyl carbamates (subject to hydrolysis) is 1. The van der Waals surface area contributed by atoms with Crippen molar-refractivity contribution < 1.29 is 14.3 Å². The predicted molar refractivity (Wildman–Crippen MR) is 76.8 cm³/mol. The zero-order chi connectivity index (χ0) is 14.1. The Hall–Kier alpha value is -0.800. The summed E-state index contributed by atoms with van der Waals surface area (Å²) in [6, 6.07) is 0. The lowest BCUT2D eigenvalue weighted by molar-refractivity contribution is -0.117. The first-order valence-corrected chi connectivity index (χ1v) is 8.50. The van der Waals surface area contributed by atoms with E-state index in [2.05, 4.69) is 27.2 Å². The average molecular weight is 321 g/mol. The van der Waals surface area contributed by atoms with Gasteiger partial charge in [0, 0.05) is 5.75 Å². The molecular weight excluding hydrogens is 306 g/mol. The summed E-state index contributed by atoms with van der Waals surface area (Å²) in [6.45, 7) is 4.01. The van der Waals surface area contributed by atoms with Gasteiger partial charge < -0.3 is 4.74 Å². The first kappa shape index (κ1) is 16.3. The quantitative estimate of drug-likeness (QED) is 0.772. The summed E-state index contributed by atoms with van der Waals surface area (Å²) >= 11 is 4.36. The van der Waals surface area contributed by atoms with Gasteiger partial charge >= 0.3 is 6.09 Å². The molecule has 0 unspecified atom stereocenters. The van der Waals surface area contributed by atoms with Crippen LogP contribution in [0.15, 0.2) is 8.68 Å². The van der Waals surface area contributed by atoms with E-state index in [1.165, 1.54) is 23.1 Å². The summed E-state index contributed by atoms with van der Waals surface area (Å²) in [7, 11) is 0. The summed E-state index contributed by atoms with van der Waals surface area (Å²) in [4.78, 5) is 22.4. The number of carbonyl (C=O) groups excluding carboxylic acids is 2. The minimum atomic E-state index is -0.718. The lowest BCUT2D eigenvalue weighted by atomic mass is 10.6. The number of ether oxygens (including phenoxy) is 1. The lowest BCUT2D eigenvalue weighted by Gasteiger charge is -2.02. The Bertz CT molecular complexity index is 425. The Morgan fingerprint density at radius 3 is 2.58 bits per heavy atom. The molecule has 1 aromatic rings. The average Bonchev–Trinajstić information content (AvgIpc) is 2.82. The van der Waals surface area contributed by atoms with Crippen molar-refractivity contribution in [3.8, 4) is 0 Å². The number of nitrogens with zero attached hydrogens (tertiary/aromatic N) is 2. The topological polar surface area (TPSA) is 81.2 Å². The summed E-state index contributed by atoms with van der Waals surface area (Å²) in [6.07, 6.45) is 0.360.